The first-order chi connectivity index (χ1) is 8.13. The fourth-order valence-corrected chi connectivity index (χ4v) is 2.03. The Bertz CT molecular complexity index is 404. The van der Waals surface area contributed by atoms with Gasteiger partial charge >= 0.3 is 0 Å². The molecule has 0 saturated carbocycles. The highest BCUT2D eigenvalue weighted by Crippen LogP contribution is 2.18. The van der Waals surface area contributed by atoms with E-state index >= 15 is 0 Å². The van der Waals surface area contributed by atoms with Gasteiger partial charge in [0.1, 0.15) is 0 Å². The number of likely N-dealkylation sites (tertiary alicyclic amines) is 1. The van der Waals surface area contributed by atoms with Crippen molar-refractivity contribution in [3.8, 4) is 5.88 Å². The molecule has 1 aromatic rings. The average Bonchev–Trinajstić information content (AvgIpc) is 2.21. The molecule has 1 aliphatic heterocycles. The summed E-state index contributed by atoms with van der Waals surface area (Å²) < 4.78 is 5.54. The Balaban J connectivity index is 1.69. The Morgan fingerprint density at radius 1 is 1.59 bits per heavy atom. The van der Waals surface area contributed by atoms with Crippen molar-refractivity contribution in [2.45, 2.75) is 6.92 Å². The van der Waals surface area contributed by atoms with E-state index in [9.17, 15) is 0 Å². The Kier molecular flexibility index (Phi) is 3.97. The Morgan fingerprint density at radius 2 is 2.35 bits per heavy atom. The molecule has 1 aliphatic rings. The second-order valence-corrected chi connectivity index (χ2v) is 4.90. The first kappa shape index (κ1) is 12.3. The van der Waals surface area contributed by atoms with Crippen LogP contribution in [0, 0.1) is 5.92 Å². The molecule has 1 aromatic heterocycles. The lowest BCUT2D eigenvalue weighted by Gasteiger charge is -2.38. The van der Waals surface area contributed by atoms with Gasteiger partial charge in [-0.25, -0.2) is 0 Å². The molecule has 1 saturated heterocycles. The molecule has 0 aliphatic carbocycles. The first-order valence-corrected chi connectivity index (χ1v) is 5.98. The molecule has 0 atom stereocenters. The molecule has 5 heteroatoms. The maximum atomic E-state index is 5.72. The molecule has 4 nitrogen and oxygen atoms in total. The minimum atomic E-state index is 0.361. The van der Waals surface area contributed by atoms with Crippen molar-refractivity contribution in [3.05, 3.63) is 29.7 Å². The van der Waals surface area contributed by atoms with Crippen LogP contribution < -0.4 is 4.74 Å². The Hall–Kier alpha value is -1.13. The van der Waals surface area contributed by atoms with Crippen molar-refractivity contribution in [2.24, 2.45) is 5.92 Å². The largest absolute Gasteiger partial charge is 0.476 e. The number of hydrogen-bond acceptors (Lipinski definition) is 4. The summed E-state index contributed by atoms with van der Waals surface area (Å²) in [5, 5.41) is 0.361. The standard InChI is InChI=1S/C12H16ClN3O/c1-9(2)5-16-6-10(7-16)8-17-12-4-14-3-11(13)15-12/h3-4,10H,1,5-8H2,2H3. The van der Waals surface area contributed by atoms with Gasteiger partial charge in [0, 0.05) is 25.6 Å². The van der Waals surface area contributed by atoms with Crippen LogP contribution in [0.1, 0.15) is 6.92 Å². The van der Waals surface area contributed by atoms with Crippen LogP contribution in [0.5, 0.6) is 5.88 Å². The highest BCUT2D eigenvalue weighted by Gasteiger charge is 2.26. The predicted octanol–water partition coefficient (Wildman–Crippen LogP) is 2.02. The molecule has 0 aromatic carbocycles. The van der Waals surface area contributed by atoms with Crippen LogP contribution in [-0.4, -0.2) is 41.1 Å². The van der Waals surface area contributed by atoms with Crippen molar-refractivity contribution in [3.63, 3.8) is 0 Å². The van der Waals surface area contributed by atoms with E-state index in [-0.39, 0.29) is 0 Å². The van der Waals surface area contributed by atoms with E-state index in [0.29, 0.717) is 23.6 Å². The van der Waals surface area contributed by atoms with Gasteiger partial charge in [-0.15, -0.1) is 0 Å². The molecule has 0 bridgehead atoms. The molecule has 1 fully saturated rings. The SMILES string of the molecule is C=C(C)CN1CC(COc2cncc(Cl)n2)C1. The van der Waals surface area contributed by atoms with Crippen LogP contribution in [0.3, 0.4) is 0 Å². The van der Waals surface area contributed by atoms with Crippen LogP contribution in [0.25, 0.3) is 0 Å². The number of rotatable bonds is 5. The summed E-state index contributed by atoms with van der Waals surface area (Å²) in [6.45, 7) is 9.71. The number of nitrogens with zero attached hydrogens (tertiary/aromatic N) is 3. The van der Waals surface area contributed by atoms with Crippen molar-refractivity contribution in [1.82, 2.24) is 14.9 Å². The molecular formula is C12H16ClN3O. The van der Waals surface area contributed by atoms with Gasteiger partial charge in [-0.2, -0.15) is 4.98 Å². The zero-order valence-electron chi connectivity index (χ0n) is 9.90. The quantitative estimate of drug-likeness (QED) is 0.753. The maximum absolute atomic E-state index is 5.72. The van der Waals surface area contributed by atoms with E-state index in [4.69, 9.17) is 16.3 Å². The zero-order chi connectivity index (χ0) is 12.3. The second kappa shape index (κ2) is 5.47. The van der Waals surface area contributed by atoms with Gasteiger partial charge in [-0.3, -0.25) is 9.88 Å². The van der Waals surface area contributed by atoms with E-state index in [2.05, 4.69) is 21.4 Å². The van der Waals surface area contributed by atoms with E-state index < -0.39 is 0 Å². The molecule has 0 unspecified atom stereocenters. The minimum absolute atomic E-state index is 0.361. The molecule has 0 amide bonds. The lowest BCUT2D eigenvalue weighted by Crippen LogP contribution is -2.49. The zero-order valence-corrected chi connectivity index (χ0v) is 10.7. The maximum Gasteiger partial charge on any atom is 0.233 e. The lowest BCUT2D eigenvalue weighted by molar-refractivity contribution is 0.0688. The molecule has 2 rings (SSSR count). The third kappa shape index (κ3) is 3.68. The third-order valence-corrected chi connectivity index (χ3v) is 2.76. The summed E-state index contributed by atoms with van der Waals surface area (Å²) in [6.07, 6.45) is 3.07. The van der Waals surface area contributed by atoms with E-state index in [1.165, 1.54) is 11.8 Å². The summed E-state index contributed by atoms with van der Waals surface area (Å²) in [4.78, 5) is 10.3. The summed E-state index contributed by atoms with van der Waals surface area (Å²) in [5.74, 6) is 1.06. The van der Waals surface area contributed by atoms with E-state index in [0.717, 1.165) is 19.6 Å². The molecule has 0 spiro atoms. The van der Waals surface area contributed by atoms with Crippen molar-refractivity contribution < 1.29 is 4.74 Å². The molecule has 92 valence electrons. The Morgan fingerprint density at radius 3 is 3.00 bits per heavy atom. The van der Waals surface area contributed by atoms with Crippen LogP contribution in [0.15, 0.2) is 24.5 Å². The van der Waals surface area contributed by atoms with Crippen molar-refractivity contribution in [2.75, 3.05) is 26.2 Å². The number of aromatic nitrogens is 2. The molecular weight excluding hydrogens is 238 g/mol. The van der Waals surface area contributed by atoms with Gasteiger partial charge < -0.3 is 4.74 Å². The lowest BCUT2D eigenvalue weighted by atomic mass is 10.0. The van der Waals surface area contributed by atoms with E-state index in [1.54, 1.807) is 6.20 Å². The molecule has 0 N–H and O–H groups in total. The predicted molar refractivity (Wildman–Crippen MR) is 67.3 cm³/mol. The third-order valence-electron chi connectivity index (χ3n) is 2.58. The number of hydrogen-bond donors (Lipinski definition) is 0. The minimum Gasteiger partial charge on any atom is -0.476 e. The molecule has 0 radical (unpaired) electrons. The second-order valence-electron chi connectivity index (χ2n) is 4.51. The van der Waals surface area contributed by atoms with Crippen molar-refractivity contribution >= 4 is 11.6 Å². The van der Waals surface area contributed by atoms with Gasteiger partial charge in [0.15, 0.2) is 5.15 Å². The Labute approximate surface area is 106 Å². The van der Waals surface area contributed by atoms with Crippen LogP contribution in [0.4, 0.5) is 0 Å². The van der Waals surface area contributed by atoms with Gasteiger partial charge in [0.2, 0.25) is 5.88 Å². The summed E-state index contributed by atoms with van der Waals surface area (Å²) in [6, 6.07) is 0. The summed E-state index contributed by atoms with van der Waals surface area (Å²) in [7, 11) is 0. The smallest absolute Gasteiger partial charge is 0.233 e. The van der Waals surface area contributed by atoms with Gasteiger partial charge in [-0.05, 0) is 6.92 Å². The average molecular weight is 254 g/mol. The number of ether oxygens (including phenoxy) is 1. The van der Waals surface area contributed by atoms with Crippen LogP contribution >= 0.6 is 11.6 Å². The fourth-order valence-electron chi connectivity index (χ4n) is 1.89. The normalized spacial score (nSPS) is 16.6. The van der Waals surface area contributed by atoms with Gasteiger partial charge in [0.05, 0.1) is 19.0 Å². The topological polar surface area (TPSA) is 38.2 Å². The van der Waals surface area contributed by atoms with Crippen LogP contribution in [-0.2, 0) is 0 Å². The van der Waals surface area contributed by atoms with Gasteiger partial charge in [0.25, 0.3) is 0 Å². The van der Waals surface area contributed by atoms with Crippen molar-refractivity contribution in [1.29, 1.82) is 0 Å². The van der Waals surface area contributed by atoms with E-state index in [1.807, 2.05) is 6.92 Å². The number of halogens is 1. The molecule has 17 heavy (non-hydrogen) atoms. The monoisotopic (exact) mass is 253 g/mol. The first-order valence-electron chi connectivity index (χ1n) is 5.60. The summed E-state index contributed by atoms with van der Waals surface area (Å²) in [5.41, 5.74) is 1.20. The van der Waals surface area contributed by atoms with Crippen LogP contribution in [0.2, 0.25) is 5.15 Å². The molecule has 2 heterocycles. The highest BCUT2D eigenvalue weighted by atomic mass is 35.5. The van der Waals surface area contributed by atoms with Gasteiger partial charge in [-0.1, -0.05) is 23.8 Å². The summed E-state index contributed by atoms with van der Waals surface area (Å²) >= 11 is 5.72. The fraction of sp³-hybridized carbons (Fsp3) is 0.500. The highest BCUT2D eigenvalue weighted by molar-refractivity contribution is 6.29.